The summed E-state index contributed by atoms with van der Waals surface area (Å²) < 4.78 is 6.34. The predicted octanol–water partition coefficient (Wildman–Crippen LogP) is 2.19. The van der Waals surface area contributed by atoms with Crippen LogP contribution in [0.15, 0.2) is 48.7 Å². The molecule has 2 atom stereocenters. The van der Waals surface area contributed by atoms with Crippen molar-refractivity contribution in [1.29, 1.82) is 0 Å². The molecule has 3 rings (SSSR count). The second kappa shape index (κ2) is 6.88. The highest BCUT2D eigenvalue weighted by molar-refractivity contribution is 6.03. The molecule has 24 heavy (non-hydrogen) atoms. The number of carbonyl (C=O) groups is 1. The van der Waals surface area contributed by atoms with Gasteiger partial charge >= 0.3 is 5.91 Å². The van der Waals surface area contributed by atoms with Crippen molar-refractivity contribution >= 4 is 17.3 Å². The Kier molecular flexibility index (Phi) is 4.66. The average Bonchev–Trinajstić information content (AvgIpc) is 2.54. The van der Waals surface area contributed by atoms with Gasteiger partial charge in [-0.25, -0.2) is 0 Å². The molecule has 0 saturated carbocycles. The quantitative estimate of drug-likeness (QED) is 0.693. The molecule has 1 fully saturated rings. The summed E-state index contributed by atoms with van der Waals surface area (Å²) in [5, 5.41) is 14.6. The van der Waals surface area contributed by atoms with Gasteiger partial charge in [0.15, 0.2) is 6.20 Å². The Morgan fingerprint density at radius 2 is 1.83 bits per heavy atom. The van der Waals surface area contributed by atoms with Gasteiger partial charge in [-0.15, -0.1) is 0 Å². The van der Waals surface area contributed by atoms with Crippen molar-refractivity contribution in [3.05, 3.63) is 59.6 Å². The van der Waals surface area contributed by atoms with E-state index in [1.807, 2.05) is 38.1 Å². The smallest absolute Gasteiger partial charge is 0.321 e. The van der Waals surface area contributed by atoms with Gasteiger partial charge in [-0.3, -0.25) is 4.79 Å². The SMILES string of the molecule is C[C@@H]1CN(c2ccccc2NC(=O)c2cccc[n+]2[O-])C[C@H](C)O1. The van der Waals surface area contributed by atoms with Crippen LogP contribution in [-0.2, 0) is 4.74 Å². The van der Waals surface area contributed by atoms with Gasteiger partial charge in [0.25, 0.3) is 5.69 Å². The van der Waals surface area contributed by atoms with Gasteiger partial charge in [0.2, 0.25) is 0 Å². The lowest BCUT2D eigenvalue weighted by molar-refractivity contribution is -0.607. The van der Waals surface area contributed by atoms with Crippen LogP contribution in [0.25, 0.3) is 0 Å². The number of ether oxygens (including phenoxy) is 1. The van der Waals surface area contributed by atoms with Gasteiger partial charge in [-0.1, -0.05) is 12.1 Å². The number of pyridine rings is 1. The van der Waals surface area contributed by atoms with E-state index in [0.717, 1.165) is 18.8 Å². The fourth-order valence-corrected chi connectivity index (χ4v) is 3.02. The van der Waals surface area contributed by atoms with E-state index in [4.69, 9.17) is 4.74 Å². The van der Waals surface area contributed by atoms with Crippen molar-refractivity contribution in [2.24, 2.45) is 0 Å². The van der Waals surface area contributed by atoms with Crippen molar-refractivity contribution in [3.8, 4) is 0 Å². The monoisotopic (exact) mass is 327 g/mol. The van der Waals surface area contributed by atoms with Crippen molar-refractivity contribution in [1.82, 2.24) is 0 Å². The molecule has 0 radical (unpaired) electrons. The van der Waals surface area contributed by atoms with Gasteiger partial charge in [-0.05, 0) is 32.0 Å². The molecule has 0 aliphatic carbocycles. The Bertz CT molecular complexity index is 725. The summed E-state index contributed by atoms with van der Waals surface area (Å²) in [5.41, 5.74) is 1.69. The predicted molar refractivity (Wildman–Crippen MR) is 92.0 cm³/mol. The fourth-order valence-electron chi connectivity index (χ4n) is 3.02. The van der Waals surface area contributed by atoms with Crippen LogP contribution in [-0.4, -0.2) is 31.2 Å². The third kappa shape index (κ3) is 3.49. The molecule has 2 aromatic rings. The van der Waals surface area contributed by atoms with Crippen LogP contribution in [0.5, 0.6) is 0 Å². The van der Waals surface area contributed by atoms with Gasteiger partial charge in [0.05, 0.1) is 23.6 Å². The van der Waals surface area contributed by atoms with Crippen molar-refractivity contribution in [2.45, 2.75) is 26.1 Å². The molecule has 1 aliphatic heterocycles. The summed E-state index contributed by atoms with van der Waals surface area (Å²) in [7, 11) is 0. The summed E-state index contributed by atoms with van der Waals surface area (Å²) in [6.45, 7) is 5.58. The molecule has 0 unspecified atom stereocenters. The van der Waals surface area contributed by atoms with Gasteiger partial charge in [0.1, 0.15) is 0 Å². The standard InChI is InChI=1S/C18H21N3O3/c1-13-11-20(12-14(2)24-13)16-8-4-3-7-15(16)19-18(22)17-9-5-6-10-21(17)23/h3-10,13-14H,11-12H2,1-2H3,(H,19,22)/t13-,14+. The number of morpholine rings is 1. The van der Waals surface area contributed by atoms with Crippen molar-refractivity contribution in [2.75, 3.05) is 23.3 Å². The lowest BCUT2D eigenvalue weighted by Gasteiger charge is -2.37. The molecule has 2 heterocycles. The summed E-state index contributed by atoms with van der Waals surface area (Å²) in [6, 6.07) is 12.4. The minimum absolute atomic E-state index is 0.0658. The number of nitrogens with zero attached hydrogens (tertiary/aromatic N) is 2. The molecule has 1 aliphatic rings. The first-order valence-corrected chi connectivity index (χ1v) is 8.03. The Hall–Kier alpha value is -2.60. The lowest BCUT2D eigenvalue weighted by atomic mass is 10.1. The van der Waals surface area contributed by atoms with Crippen LogP contribution >= 0.6 is 0 Å². The van der Waals surface area contributed by atoms with E-state index < -0.39 is 5.91 Å². The van der Waals surface area contributed by atoms with Crippen molar-refractivity contribution in [3.63, 3.8) is 0 Å². The van der Waals surface area contributed by atoms with Gasteiger partial charge < -0.3 is 20.2 Å². The zero-order valence-corrected chi connectivity index (χ0v) is 13.8. The molecule has 1 N–H and O–H groups in total. The van der Waals surface area contributed by atoms with E-state index in [-0.39, 0.29) is 17.9 Å². The number of para-hydroxylation sites is 2. The van der Waals surface area contributed by atoms with Crippen LogP contribution in [0.1, 0.15) is 24.3 Å². The molecular weight excluding hydrogens is 306 g/mol. The van der Waals surface area contributed by atoms with Crippen LogP contribution in [0.3, 0.4) is 0 Å². The molecule has 1 amide bonds. The van der Waals surface area contributed by atoms with E-state index in [2.05, 4.69) is 10.2 Å². The molecule has 6 heteroatoms. The minimum Gasteiger partial charge on any atom is -0.618 e. The van der Waals surface area contributed by atoms with E-state index in [1.165, 1.54) is 12.3 Å². The van der Waals surface area contributed by atoms with E-state index in [0.29, 0.717) is 10.4 Å². The Balaban J connectivity index is 1.84. The Labute approximate surface area is 141 Å². The number of aromatic nitrogens is 1. The topological polar surface area (TPSA) is 68.5 Å². The zero-order chi connectivity index (χ0) is 17.1. The van der Waals surface area contributed by atoms with Crippen LogP contribution in [0.2, 0.25) is 0 Å². The zero-order valence-electron chi connectivity index (χ0n) is 13.8. The number of hydrogen-bond acceptors (Lipinski definition) is 4. The molecule has 0 spiro atoms. The molecule has 126 valence electrons. The third-order valence-corrected chi connectivity index (χ3v) is 3.97. The number of rotatable bonds is 3. The second-order valence-electron chi connectivity index (χ2n) is 6.05. The molecular formula is C18H21N3O3. The van der Waals surface area contributed by atoms with Crippen LogP contribution in [0.4, 0.5) is 11.4 Å². The van der Waals surface area contributed by atoms with Crippen molar-refractivity contribution < 1.29 is 14.3 Å². The number of anilines is 2. The number of hydrogen-bond donors (Lipinski definition) is 1. The highest BCUT2D eigenvalue weighted by atomic mass is 16.5. The minimum atomic E-state index is -0.424. The number of benzene rings is 1. The largest absolute Gasteiger partial charge is 0.618 e. The normalized spacial score (nSPS) is 20.7. The molecule has 0 bridgehead atoms. The summed E-state index contributed by atoms with van der Waals surface area (Å²) in [4.78, 5) is 14.6. The van der Waals surface area contributed by atoms with E-state index in [9.17, 15) is 10.0 Å². The molecule has 1 saturated heterocycles. The second-order valence-corrected chi connectivity index (χ2v) is 6.05. The number of carbonyl (C=O) groups excluding carboxylic acids is 1. The van der Waals surface area contributed by atoms with E-state index >= 15 is 0 Å². The maximum absolute atomic E-state index is 12.4. The molecule has 6 nitrogen and oxygen atoms in total. The number of nitrogens with one attached hydrogen (secondary N) is 1. The third-order valence-electron chi connectivity index (χ3n) is 3.97. The van der Waals surface area contributed by atoms with Crippen LogP contribution in [0, 0.1) is 5.21 Å². The molecule has 1 aromatic carbocycles. The first-order chi connectivity index (χ1) is 11.5. The Morgan fingerprint density at radius 1 is 1.17 bits per heavy atom. The first kappa shape index (κ1) is 16.3. The van der Waals surface area contributed by atoms with E-state index in [1.54, 1.807) is 12.1 Å². The fraction of sp³-hybridized carbons (Fsp3) is 0.333. The average molecular weight is 327 g/mol. The highest BCUT2D eigenvalue weighted by Gasteiger charge is 2.25. The summed E-state index contributed by atoms with van der Waals surface area (Å²) in [6.07, 6.45) is 1.55. The maximum atomic E-state index is 12.4. The summed E-state index contributed by atoms with van der Waals surface area (Å²) in [5.74, 6) is -0.424. The summed E-state index contributed by atoms with van der Waals surface area (Å²) >= 11 is 0. The maximum Gasteiger partial charge on any atom is 0.321 e. The lowest BCUT2D eigenvalue weighted by Crippen LogP contribution is -2.45. The van der Waals surface area contributed by atoms with Gasteiger partial charge in [0, 0.05) is 25.2 Å². The Morgan fingerprint density at radius 3 is 2.54 bits per heavy atom. The van der Waals surface area contributed by atoms with Crippen LogP contribution < -0.4 is 14.9 Å². The highest BCUT2D eigenvalue weighted by Crippen LogP contribution is 2.28. The van der Waals surface area contributed by atoms with Gasteiger partial charge in [-0.2, -0.15) is 4.73 Å². The number of amides is 1. The first-order valence-electron chi connectivity index (χ1n) is 8.03. The molecule has 1 aromatic heterocycles.